The number of hydrogen-bond donors (Lipinski definition) is 0. The molecule has 1 fully saturated rings. The Kier molecular flexibility index (Phi) is 3.87. The first-order chi connectivity index (χ1) is 8.22. The summed E-state index contributed by atoms with van der Waals surface area (Å²) in [7, 11) is 2.04. The molecular formula is C14H22N2O. The van der Waals surface area contributed by atoms with Crippen LogP contribution in [0.25, 0.3) is 0 Å². The van der Waals surface area contributed by atoms with Crippen LogP contribution in [0.1, 0.15) is 44.7 Å². The SMILES string of the molecule is CCCCC(=O)N(Cc1cccn1C)C1CC1. The van der Waals surface area contributed by atoms with Crippen LogP contribution in [-0.4, -0.2) is 21.4 Å². The minimum atomic E-state index is 0.329. The zero-order chi connectivity index (χ0) is 12.3. The van der Waals surface area contributed by atoms with Crippen LogP contribution in [0.2, 0.25) is 0 Å². The zero-order valence-corrected chi connectivity index (χ0v) is 10.9. The van der Waals surface area contributed by atoms with Crippen LogP contribution in [0, 0.1) is 0 Å². The molecule has 0 radical (unpaired) electrons. The normalized spacial score (nSPS) is 14.9. The second-order valence-corrected chi connectivity index (χ2v) is 4.97. The molecule has 1 aliphatic carbocycles. The number of unbranched alkanes of at least 4 members (excludes halogenated alkanes) is 1. The summed E-state index contributed by atoms with van der Waals surface area (Å²) in [5.41, 5.74) is 1.22. The number of carbonyl (C=O) groups excluding carboxylic acids is 1. The van der Waals surface area contributed by atoms with Crippen LogP contribution in [0.3, 0.4) is 0 Å². The highest BCUT2D eigenvalue weighted by Gasteiger charge is 2.32. The summed E-state index contributed by atoms with van der Waals surface area (Å²) in [6, 6.07) is 4.65. The number of hydrogen-bond acceptors (Lipinski definition) is 1. The minimum Gasteiger partial charge on any atom is -0.353 e. The lowest BCUT2D eigenvalue weighted by molar-refractivity contribution is -0.132. The van der Waals surface area contributed by atoms with Gasteiger partial charge in [0.25, 0.3) is 0 Å². The monoisotopic (exact) mass is 234 g/mol. The number of aryl methyl sites for hydroxylation is 1. The lowest BCUT2D eigenvalue weighted by atomic mass is 10.2. The Hall–Kier alpha value is -1.25. The van der Waals surface area contributed by atoms with E-state index in [9.17, 15) is 4.79 Å². The van der Waals surface area contributed by atoms with Gasteiger partial charge in [-0.15, -0.1) is 0 Å². The Labute approximate surface area is 103 Å². The van der Waals surface area contributed by atoms with Crippen molar-refractivity contribution in [1.29, 1.82) is 0 Å². The Morgan fingerprint density at radius 3 is 2.82 bits per heavy atom. The van der Waals surface area contributed by atoms with Gasteiger partial charge in [-0.05, 0) is 31.4 Å². The highest BCUT2D eigenvalue weighted by atomic mass is 16.2. The molecule has 0 unspecified atom stereocenters. The standard InChI is InChI=1S/C14H22N2O/c1-3-4-7-14(17)16(12-8-9-12)11-13-6-5-10-15(13)2/h5-6,10,12H,3-4,7-9,11H2,1-2H3. The van der Waals surface area contributed by atoms with Crippen molar-refractivity contribution in [2.45, 2.75) is 51.6 Å². The van der Waals surface area contributed by atoms with E-state index in [0.717, 1.165) is 19.4 Å². The molecule has 0 atom stereocenters. The van der Waals surface area contributed by atoms with Crippen molar-refractivity contribution in [3.8, 4) is 0 Å². The van der Waals surface area contributed by atoms with Gasteiger partial charge in [-0.3, -0.25) is 4.79 Å². The fourth-order valence-electron chi connectivity index (χ4n) is 2.11. The fourth-order valence-corrected chi connectivity index (χ4v) is 2.11. The molecule has 2 rings (SSSR count). The number of amides is 1. The molecule has 1 aromatic rings. The summed E-state index contributed by atoms with van der Waals surface area (Å²) < 4.78 is 2.10. The van der Waals surface area contributed by atoms with Crippen molar-refractivity contribution in [2.75, 3.05) is 0 Å². The third-order valence-electron chi connectivity index (χ3n) is 3.44. The molecule has 0 bridgehead atoms. The highest BCUT2D eigenvalue weighted by molar-refractivity contribution is 5.76. The first kappa shape index (κ1) is 12.2. The van der Waals surface area contributed by atoms with Gasteiger partial charge in [-0.1, -0.05) is 13.3 Å². The second-order valence-electron chi connectivity index (χ2n) is 4.97. The van der Waals surface area contributed by atoms with E-state index < -0.39 is 0 Å². The third-order valence-corrected chi connectivity index (χ3v) is 3.44. The van der Waals surface area contributed by atoms with Crippen LogP contribution in [-0.2, 0) is 18.4 Å². The molecule has 1 amide bonds. The van der Waals surface area contributed by atoms with E-state index in [1.165, 1.54) is 18.5 Å². The Morgan fingerprint density at radius 1 is 1.53 bits per heavy atom. The topological polar surface area (TPSA) is 25.2 Å². The first-order valence-corrected chi connectivity index (χ1v) is 6.62. The van der Waals surface area contributed by atoms with Gasteiger partial charge >= 0.3 is 0 Å². The third kappa shape index (κ3) is 3.11. The predicted molar refractivity (Wildman–Crippen MR) is 68.5 cm³/mol. The van der Waals surface area contributed by atoms with Crippen molar-refractivity contribution < 1.29 is 4.79 Å². The van der Waals surface area contributed by atoms with Crippen LogP contribution in [0.5, 0.6) is 0 Å². The molecule has 3 nitrogen and oxygen atoms in total. The summed E-state index contributed by atoms with van der Waals surface area (Å²) in [6.45, 7) is 2.91. The van der Waals surface area contributed by atoms with E-state index in [-0.39, 0.29) is 0 Å². The fraction of sp³-hybridized carbons (Fsp3) is 0.643. The predicted octanol–water partition coefficient (Wildman–Crippen LogP) is 2.71. The number of aromatic nitrogens is 1. The molecule has 94 valence electrons. The molecule has 0 N–H and O–H groups in total. The number of nitrogens with zero attached hydrogens (tertiary/aromatic N) is 2. The van der Waals surface area contributed by atoms with E-state index >= 15 is 0 Å². The highest BCUT2D eigenvalue weighted by Crippen LogP contribution is 2.29. The van der Waals surface area contributed by atoms with Gasteiger partial charge in [-0.2, -0.15) is 0 Å². The van der Waals surface area contributed by atoms with Gasteiger partial charge in [0.15, 0.2) is 0 Å². The molecule has 17 heavy (non-hydrogen) atoms. The maximum absolute atomic E-state index is 12.1. The molecular weight excluding hydrogens is 212 g/mol. The lowest BCUT2D eigenvalue weighted by Gasteiger charge is -2.22. The summed E-state index contributed by atoms with van der Waals surface area (Å²) in [4.78, 5) is 14.2. The van der Waals surface area contributed by atoms with Crippen LogP contribution in [0.15, 0.2) is 18.3 Å². The smallest absolute Gasteiger partial charge is 0.223 e. The molecule has 1 aliphatic rings. The van der Waals surface area contributed by atoms with Crippen molar-refractivity contribution >= 4 is 5.91 Å². The van der Waals surface area contributed by atoms with Crippen molar-refractivity contribution in [3.05, 3.63) is 24.0 Å². The number of carbonyl (C=O) groups is 1. The van der Waals surface area contributed by atoms with E-state index in [2.05, 4.69) is 22.5 Å². The average molecular weight is 234 g/mol. The van der Waals surface area contributed by atoms with Crippen molar-refractivity contribution in [3.63, 3.8) is 0 Å². The molecule has 1 heterocycles. The minimum absolute atomic E-state index is 0.329. The van der Waals surface area contributed by atoms with E-state index in [0.29, 0.717) is 18.4 Å². The summed E-state index contributed by atoms with van der Waals surface area (Å²) in [6.07, 6.45) is 7.21. The molecule has 1 saturated carbocycles. The summed E-state index contributed by atoms with van der Waals surface area (Å²) in [5, 5.41) is 0. The lowest BCUT2D eigenvalue weighted by Crippen LogP contribution is -2.33. The maximum Gasteiger partial charge on any atom is 0.223 e. The largest absolute Gasteiger partial charge is 0.353 e. The van der Waals surface area contributed by atoms with Gasteiger partial charge < -0.3 is 9.47 Å². The van der Waals surface area contributed by atoms with Gasteiger partial charge in [0.05, 0.1) is 6.54 Å². The van der Waals surface area contributed by atoms with Gasteiger partial charge in [0.2, 0.25) is 5.91 Å². The summed E-state index contributed by atoms with van der Waals surface area (Å²) >= 11 is 0. The number of rotatable bonds is 6. The molecule has 0 saturated heterocycles. The average Bonchev–Trinajstić information content (AvgIpc) is 3.08. The van der Waals surface area contributed by atoms with E-state index in [4.69, 9.17) is 0 Å². The second kappa shape index (κ2) is 5.39. The van der Waals surface area contributed by atoms with Crippen LogP contribution in [0.4, 0.5) is 0 Å². The van der Waals surface area contributed by atoms with E-state index in [1.54, 1.807) is 0 Å². The first-order valence-electron chi connectivity index (χ1n) is 6.62. The molecule has 0 aromatic carbocycles. The Bertz CT molecular complexity index is 379. The van der Waals surface area contributed by atoms with Gasteiger partial charge in [0.1, 0.15) is 0 Å². The van der Waals surface area contributed by atoms with Crippen LogP contribution < -0.4 is 0 Å². The van der Waals surface area contributed by atoms with Crippen LogP contribution >= 0.6 is 0 Å². The maximum atomic E-state index is 12.1. The quantitative estimate of drug-likeness (QED) is 0.743. The van der Waals surface area contributed by atoms with Crippen molar-refractivity contribution in [1.82, 2.24) is 9.47 Å². The van der Waals surface area contributed by atoms with Gasteiger partial charge in [-0.25, -0.2) is 0 Å². The Balaban J connectivity index is 1.98. The zero-order valence-electron chi connectivity index (χ0n) is 10.9. The van der Waals surface area contributed by atoms with Crippen molar-refractivity contribution in [2.24, 2.45) is 7.05 Å². The molecule has 0 spiro atoms. The van der Waals surface area contributed by atoms with Gasteiger partial charge in [0, 0.05) is 31.4 Å². The van der Waals surface area contributed by atoms with E-state index in [1.807, 2.05) is 19.3 Å². The molecule has 1 aromatic heterocycles. The molecule has 0 aliphatic heterocycles. The summed E-state index contributed by atoms with van der Waals surface area (Å²) in [5.74, 6) is 0.329. The Morgan fingerprint density at radius 2 is 2.29 bits per heavy atom. The molecule has 3 heteroatoms.